The summed E-state index contributed by atoms with van der Waals surface area (Å²) < 4.78 is 5.66. The molecule has 0 bridgehead atoms. The minimum absolute atomic E-state index is 0.334. The molecular weight excluding hydrogens is 320 g/mol. The van der Waals surface area contributed by atoms with Crippen LogP contribution in [0.5, 0.6) is 0 Å². The van der Waals surface area contributed by atoms with Crippen molar-refractivity contribution < 1.29 is 9.53 Å². The molecule has 1 rings (SSSR count). The van der Waals surface area contributed by atoms with Crippen molar-refractivity contribution in [3.63, 3.8) is 0 Å². The first-order chi connectivity index (χ1) is 12.7. The highest BCUT2D eigenvalue weighted by Gasteiger charge is 2.15. The summed E-state index contributed by atoms with van der Waals surface area (Å²) in [6, 6.07) is 8.16. The summed E-state index contributed by atoms with van der Waals surface area (Å²) in [5.74, 6) is 0.501. The number of ether oxygens (including phenoxy) is 1. The van der Waals surface area contributed by atoms with Gasteiger partial charge in [-0.25, -0.2) is 0 Å². The minimum atomic E-state index is 0.334. The fourth-order valence-corrected chi connectivity index (χ4v) is 3.81. The van der Waals surface area contributed by atoms with Crippen LogP contribution in [0, 0.1) is 0 Å². The molecule has 0 spiro atoms. The molecule has 0 N–H and O–H groups in total. The lowest BCUT2D eigenvalue weighted by Crippen LogP contribution is -2.09. The van der Waals surface area contributed by atoms with Crippen LogP contribution in [0.4, 0.5) is 0 Å². The summed E-state index contributed by atoms with van der Waals surface area (Å²) in [5.41, 5.74) is 2.12. The fourth-order valence-electron chi connectivity index (χ4n) is 3.81. The van der Waals surface area contributed by atoms with Gasteiger partial charge in [0.05, 0.1) is 6.10 Å². The van der Waals surface area contributed by atoms with Gasteiger partial charge in [0.2, 0.25) is 0 Å². The lowest BCUT2D eigenvalue weighted by atomic mass is 9.86. The van der Waals surface area contributed by atoms with Crippen LogP contribution in [-0.2, 0) is 4.74 Å². The Kier molecular flexibility index (Phi) is 13.2. The van der Waals surface area contributed by atoms with Crippen molar-refractivity contribution in [2.24, 2.45) is 0 Å². The molecule has 148 valence electrons. The van der Waals surface area contributed by atoms with E-state index in [0.717, 1.165) is 37.7 Å². The number of unbranched alkanes of at least 4 members (excludes halogenated alkanes) is 6. The Morgan fingerprint density at radius 2 is 1.54 bits per heavy atom. The van der Waals surface area contributed by atoms with E-state index in [1.165, 1.54) is 56.9 Å². The molecule has 0 aromatic heterocycles. The van der Waals surface area contributed by atoms with Crippen LogP contribution in [0.3, 0.4) is 0 Å². The Morgan fingerprint density at radius 3 is 2.23 bits per heavy atom. The zero-order valence-corrected chi connectivity index (χ0v) is 17.3. The molecule has 0 heterocycles. The van der Waals surface area contributed by atoms with E-state index in [1.54, 1.807) is 0 Å². The van der Waals surface area contributed by atoms with E-state index in [-0.39, 0.29) is 0 Å². The molecule has 1 aromatic carbocycles. The Labute approximate surface area is 161 Å². The zero-order chi connectivity index (χ0) is 19.0. The van der Waals surface area contributed by atoms with Gasteiger partial charge < -0.3 is 4.74 Å². The average Bonchev–Trinajstić information content (AvgIpc) is 2.66. The maximum Gasteiger partial charge on any atom is 0.150 e. The van der Waals surface area contributed by atoms with E-state index in [1.807, 2.05) is 12.1 Å². The Morgan fingerprint density at radius 1 is 0.885 bits per heavy atom. The zero-order valence-electron chi connectivity index (χ0n) is 17.3. The summed E-state index contributed by atoms with van der Waals surface area (Å²) in [5, 5.41) is 0. The molecule has 0 aliphatic rings. The molecule has 1 aromatic rings. The Hall–Kier alpha value is -1.15. The Bertz CT molecular complexity index is 469. The van der Waals surface area contributed by atoms with Crippen molar-refractivity contribution in [3.8, 4) is 0 Å². The van der Waals surface area contributed by atoms with E-state index >= 15 is 0 Å². The number of hydrogen-bond acceptors (Lipinski definition) is 2. The molecule has 0 aliphatic carbocycles. The molecule has 0 saturated carbocycles. The number of carbonyl (C=O) groups excluding carboxylic acids is 1. The van der Waals surface area contributed by atoms with Crippen LogP contribution in [0.2, 0.25) is 0 Å². The lowest BCUT2D eigenvalue weighted by molar-refractivity contribution is 0.0680. The van der Waals surface area contributed by atoms with Crippen LogP contribution < -0.4 is 0 Å². The van der Waals surface area contributed by atoms with Gasteiger partial charge >= 0.3 is 0 Å². The van der Waals surface area contributed by atoms with Gasteiger partial charge in [0.25, 0.3) is 0 Å². The van der Waals surface area contributed by atoms with Crippen molar-refractivity contribution in [1.82, 2.24) is 0 Å². The van der Waals surface area contributed by atoms with Gasteiger partial charge in [-0.15, -0.1) is 0 Å². The normalized spacial score (nSPS) is 13.5. The van der Waals surface area contributed by atoms with Crippen molar-refractivity contribution in [1.29, 1.82) is 0 Å². The van der Waals surface area contributed by atoms with Crippen LogP contribution in [0.25, 0.3) is 0 Å². The van der Waals surface area contributed by atoms with Gasteiger partial charge in [0, 0.05) is 12.2 Å². The first kappa shape index (κ1) is 22.9. The van der Waals surface area contributed by atoms with Gasteiger partial charge in [-0.3, -0.25) is 4.79 Å². The summed E-state index contributed by atoms with van der Waals surface area (Å²) in [6.45, 7) is 7.27. The number of benzene rings is 1. The predicted molar refractivity (Wildman–Crippen MR) is 112 cm³/mol. The minimum Gasteiger partial charge on any atom is -0.379 e. The summed E-state index contributed by atoms with van der Waals surface area (Å²) in [4.78, 5) is 11.5. The molecule has 2 heteroatoms. The third-order valence-electron chi connectivity index (χ3n) is 5.33. The topological polar surface area (TPSA) is 26.3 Å². The van der Waals surface area contributed by atoms with E-state index in [4.69, 9.17) is 4.74 Å². The van der Waals surface area contributed by atoms with Gasteiger partial charge in [-0.05, 0) is 44.6 Å². The molecule has 26 heavy (non-hydrogen) atoms. The molecular formula is C24H40O2. The molecule has 0 radical (unpaired) electrons. The second kappa shape index (κ2) is 15.0. The largest absolute Gasteiger partial charge is 0.379 e. The number of hydrogen-bond donors (Lipinski definition) is 0. The van der Waals surface area contributed by atoms with E-state index in [9.17, 15) is 4.79 Å². The average molecular weight is 361 g/mol. The first-order valence-corrected chi connectivity index (χ1v) is 10.9. The Balaban J connectivity index is 2.51. The fraction of sp³-hybridized carbons (Fsp3) is 0.708. The molecule has 2 unspecified atom stereocenters. The molecule has 0 amide bonds. The van der Waals surface area contributed by atoms with Gasteiger partial charge in [0.15, 0.2) is 0 Å². The third-order valence-corrected chi connectivity index (χ3v) is 5.33. The second-order valence-corrected chi connectivity index (χ2v) is 7.55. The highest BCUT2D eigenvalue weighted by molar-refractivity contribution is 5.77. The summed E-state index contributed by atoms with van der Waals surface area (Å²) >= 11 is 0. The van der Waals surface area contributed by atoms with Gasteiger partial charge in [-0.1, -0.05) is 82.6 Å². The predicted octanol–water partition coefficient (Wildman–Crippen LogP) is 7.32. The smallest absolute Gasteiger partial charge is 0.150 e. The van der Waals surface area contributed by atoms with Crippen LogP contribution >= 0.6 is 0 Å². The first-order valence-electron chi connectivity index (χ1n) is 10.9. The van der Waals surface area contributed by atoms with Gasteiger partial charge in [0.1, 0.15) is 6.29 Å². The molecule has 2 atom stereocenters. The molecule has 0 aliphatic heterocycles. The van der Waals surface area contributed by atoms with E-state index in [2.05, 4.69) is 32.9 Å². The van der Waals surface area contributed by atoms with Crippen LogP contribution in [0.1, 0.15) is 113 Å². The molecule has 0 fully saturated rings. The van der Waals surface area contributed by atoms with E-state index < -0.39 is 0 Å². The summed E-state index contributed by atoms with van der Waals surface area (Å²) in [6.07, 6.45) is 15.3. The summed E-state index contributed by atoms with van der Waals surface area (Å²) in [7, 11) is 0. The standard InChI is InChI=1S/C24H40O2/c1-4-6-7-8-9-10-11-16-22(18-14-15-21(3)26-5-2)24-19-13-12-17-23(24)20-25/h12-13,17,19-22H,4-11,14-16,18H2,1-3H3. The number of aldehydes is 1. The highest BCUT2D eigenvalue weighted by atomic mass is 16.5. The van der Waals surface area contributed by atoms with Crippen molar-refractivity contribution >= 4 is 6.29 Å². The quantitative estimate of drug-likeness (QED) is 0.228. The third kappa shape index (κ3) is 9.52. The lowest BCUT2D eigenvalue weighted by Gasteiger charge is -2.20. The monoisotopic (exact) mass is 360 g/mol. The molecule has 2 nitrogen and oxygen atoms in total. The van der Waals surface area contributed by atoms with Crippen molar-refractivity contribution in [2.75, 3.05) is 6.61 Å². The highest BCUT2D eigenvalue weighted by Crippen LogP contribution is 2.30. The van der Waals surface area contributed by atoms with Gasteiger partial charge in [-0.2, -0.15) is 0 Å². The van der Waals surface area contributed by atoms with Crippen LogP contribution in [0.15, 0.2) is 24.3 Å². The number of rotatable bonds is 16. The van der Waals surface area contributed by atoms with E-state index in [0.29, 0.717) is 12.0 Å². The maximum atomic E-state index is 11.5. The van der Waals surface area contributed by atoms with Crippen molar-refractivity contribution in [3.05, 3.63) is 35.4 Å². The number of carbonyl (C=O) groups is 1. The molecule has 0 saturated heterocycles. The SMILES string of the molecule is CCCCCCCCCC(CCCC(C)OCC)c1ccccc1C=O. The van der Waals surface area contributed by atoms with Crippen molar-refractivity contribution in [2.45, 2.75) is 103 Å². The van der Waals surface area contributed by atoms with Crippen LogP contribution in [-0.4, -0.2) is 19.0 Å². The maximum absolute atomic E-state index is 11.5. The second-order valence-electron chi connectivity index (χ2n) is 7.55.